The molecule has 1 aromatic carbocycles. The van der Waals surface area contributed by atoms with Crippen molar-refractivity contribution in [1.82, 2.24) is 9.71 Å². The molecule has 0 aliphatic carbocycles. The Bertz CT molecular complexity index is 879. The summed E-state index contributed by atoms with van der Waals surface area (Å²) in [4.78, 5) is 20.4. The van der Waals surface area contributed by atoms with Crippen molar-refractivity contribution in [3.8, 4) is 0 Å². The molecular weight excluding hydrogens is 316 g/mol. The van der Waals surface area contributed by atoms with Crippen LogP contribution in [0.3, 0.4) is 0 Å². The third-order valence-electron chi connectivity index (χ3n) is 3.31. The van der Waals surface area contributed by atoms with Crippen molar-refractivity contribution in [3.05, 3.63) is 54.4 Å². The van der Waals surface area contributed by atoms with Gasteiger partial charge in [0.25, 0.3) is 10.0 Å². The summed E-state index contributed by atoms with van der Waals surface area (Å²) in [5.74, 6) is -0.162. The van der Waals surface area contributed by atoms with Crippen LogP contribution < -0.4 is 10.0 Å². The second-order valence-corrected chi connectivity index (χ2v) is 6.63. The van der Waals surface area contributed by atoms with E-state index < -0.39 is 16.1 Å². The fourth-order valence-corrected chi connectivity index (χ4v) is 3.40. The molecule has 0 fully saturated rings. The number of anilines is 1. The first-order valence-electron chi connectivity index (χ1n) is 6.88. The number of aromatic nitrogens is 1. The van der Waals surface area contributed by atoms with Gasteiger partial charge < -0.3 is 5.32 Å². The van der Waals surface area contributed by atoms with E-state index in [-0.39, 0.29) is 16.6 Å². The van der Waals surface area contributed by atoms with Gasteiger partial charge in [-0.05, 0) is 31.2 Å². The zero-order valence-corrected chi connectivity index (χ0v) is 13.0. The van der Waals surface area contributed by atoms with Crippen LogP contribution in [0.4, 0.5) is 5.69 Å². The molecule has 118 valence electrons. The minimum absolute atomic E-state index is 0.167. The Morgan fingerprint density at radius 3 is 2.65 bits per heavy atom. The topological polar surface area (TPSA) is 101 Å². The number of benzene rings is 1. The highest BCUT2D eigenvalue weighted by Gasteiger charge is 2.31. The van der Waals surface area contributed by atoms with Crippen LogP contribution in [0.25, 0.3) is 0 Å². The second-order valence-electron chi connectivity index (χ2n) is 4.98. The first kappa shape index (κ1) is 15.2. The van der Waals surface area contributed by atoms with E-state index in [0.29, 0.717) is 11.3 Å². The molecule has 1 amide bonds. The predicted molar refractivity (Wildman–Crippen MR) is 85.6 cm³/mol. The molecule has 0 unspecified atom stereocenters. The predicted octanol–water partition coefficient (Wildman–Crippen LogP) is 1.15. The van der Waals surface area contributed by atoms with Crippen LogP contribution >= 0.6 is 0 Å². The number of pyridine rings is 1. The summed E-state index contributed by atoms with van der Waals surface area (Å²) in [5, 5.41) is 2.70. The van der Waals surface area contributed by atoms with Gasteiger partial charge in [-0.2, -0.15) is 0 Å². The molecule has 23 heavy (non-hydrogen) atoms. The smallest absolute Gasteiger partial charge is 0.263 e. The zero-order valence-electron chi connectivity index (χ0n) is 12.2. The molecule has 1 aliphatic rings. The normalized spacial score (nSPS) is 18.0. The van der Waals surface area contributed by atoms with Gasteiger partial charge in [0.2, 0.25) is 5.91 Å². The number of fused-ring (bicyclic) bond motifs is 1. The number of nitrogens with zero attached hydrogens (tertiary/aromatic N) is 2. The average Bonchev–Trinajstić information content (AvgIpc) is 2.79. The van der Waals surface area contributed by atoms with Gasteiger partial charge in [-0.25, -0.2) is 8.42 Å². The largest absolute Gasteiger partial charge is 0.324 e. The number of rotatable bonds is 3. The zero-order chi connectivity index (χ0) is 16.4. The third-order valence-corrected chi connectivity index (χ3v) is 4.71. The Morgan fingerprint density at radius 1 is 1.22 bits per heavy atom. The van der Waals surface area contributed by atoms with Crippen molar-refractivity contribution in [2.45, 2.75) is 17.9 Å². The van der Waals surface area contributed by atoms with Crippen LogP contribution in [0.2, 0.25) is 0 Å². The minimum atomic E-state index is -3.61. The third kappa shape index (κ3) is 3.07. The van der Waals surface area contributed by atoms with Gasteiger partial charge in [-0.3, -0.25) is 19.5 Å². The number of amides is 1. The van der Waals surface area contributed by atoms with Gasteiger partial charge >= 0.3 is 0 Å². The van der Waals surface area contributed by atoms with Gasteiger partial charge in [-0.15, -0.1) is 0 Å². The molecule has 0 bridgehead atoms. The fraction of sp³-hybridized carbons (Fsp3) is 0.133. The quantitative estimate of drug-likeness (QED) is 0.881. The maximum Gasteiger partial charge on any atom is 0.263 e. The molecular formula is C15H14N4O3S. The Labute approximate surface area is 133 Å². The summed E-state index contributed by atoms with van der Waals surface area (Å²) in [6.45, 7) is 1.60. The van der Waals surface area contributed by atoms with Crippen LogP contribution in [0, 0.1) is 0 Å². The molecule has 0 saturated carbocycles. The highest BCUT2D eigenvalue weighted by molar-refractivity contribution is 7.90. The minimum Gasteiger partial charge on any atom is -0.324 e. The monoisotopic (exact) mass is 330 g/mol. The molecule has 1 aromatic heterocycles. The molecule has 1 atom stereocenters. The number of hydrogen-bond donors (Lipinski definition) is 2. The lowest BCUT2D eigenvalue weighted by molar-refractivity contribution is -0.117. The molecule has 1 aliphatic heterocycles. The number of amidine groups is 1. The maximum atomic E-state index is 12.2. The molecule has 2 heterocycles. The standard InChI is InChI=1S/C15H14N4O3S/c1-10(15(20)18-11-6-8-16-9-7-11)17-14-12-4-2-3-5-13(12)23(21,22)19-14/h2-10H,1H3,(H,17,19)(H,16,18,20)/t10-/m0/s1. The highest BCUT2D eigenvalue weighted by Crippen LogP contribution is 2.22. The number of carbonyl (C=O) groups excluding carboxylic acids is 1. The number of carbonyl (C=O) groups is 1. The van der Waals surface area contributed by atoms with Gasteiger partial charge in [0.05, 0.1) is 4.90 Å². The van der Waals surface area contributed by atoms with Gasteiger partial charge in [0, 0.05) is 23.6 Å². The van der Waals surface area contributed by atoms with E-state index in [1.807, 2.05) is 0 Å². The van der Waals surface area contributed by atoms with E-state index in [0.717, 1.165) is 0 Å². The Balaban J connectivity index is 1.83. The number of sulfonamides is 1. The number of nitrogens with one attached hydrogen (secondary N) is 2. The van der Waals surface area contributed by atoms with Crippen LogP contribution in [0.1, 0.15) is 12.5 Å². The van der Waals surface area contributed by atoms with E-state index in [9.17, 15) is 13.2 Å². The average molecular weight is 330 g/mol. The summed E-state index contributed by atoms with van der Waals surface area (Å²) in [6, 6.07) is 9.07. The van der Waals surface area contributed by atoms with Crippen molar-refractivity contribution >= 4 is 27.5 Å². The summed E-state index contributed by atoms with van der Waals surface area (Å²) in [5.41, 5.74) is 1.07. The van der Waals surface area contributed by atoms with E-state index in [2.05, 4.69) is 20.0 Å². The van der Waals surface area contributed by atoms with Crippen LogP contribution in [-0.2, 0) is 14.8 Å². The summed E-state index contributed by atoms with van der Waals surface area (Å²) >= 11 is 0. The Hall–Kier alpha value is -2.74. The van der Waals surface area contributed by atoms with Crippen molar-refractivity contribution < 1.29 is 13.2 Å². The molecule has 7 nitrogen and oxygen atoms in total. The molecule has 8 heteroatoms. The lowest BCUT2D eigenvalue weighted by Crippen LogP contribution is -2.28. The highest BCUT2D eigenvalue weighted by atomic mass is 32.2. The SMILES string of the molecule is C[C@H](N=C1NS(=O)(=O)c2ccccc21)C(=O)Nc1ccncc1. The summed E-state index contributed by atoms with van der Waals surface area (Å²) < 4.78 is 26.4. The lowest BCUT2D eigenvalue weighted by Gasteiger charge is -2.09. The Kier molecular flexibility index (Phi) is 3.83. The van der Waals surface area contributed by atoms with Gasteiger partial charge in [0.1, 0.15) is 11.9 Å². The van der Waals surface area contributed by atoms with Crippen molar-refractivity contribution in [2.75, 3.05) is 5.32 Å². The van der Waals surface area contributed by atoms with Gasteiger partial charge in [-0.1, -0.05) is 12.1 Å². The Morgan fingerprint density at radius 2 is 1.91 bits per heavy atom. The van der Waals surface area contributed by atoms with E-state index in [1.165, 1.54) is 6.07 Å². The second kappa shape index (κ2) is 5.81. The van der Waals surface area contributed by atoms with E-state index in [1.54, 1.807) is 49.6 Å². The van der Waals surface area contributed by atoms with E-state index >= 15 is 0 Å². The molecule has 2 aromatic rings. The number of aliphatic imine (C=N–C) groups is 1. The van der Waals surface area contributed by atoms with Crippen LogP contribution in [0.15, 0.2) is 58.7 Å². The fourth-order valence-electron chi connectivity index (χ4n) is 2.16. The lowest BCUT2D eigenvalue weighted by atomic mass is 10.2. The van der Waals surface area contributed by atoms with Crippen molar-refractivity contribution in [2.24, 2.45) is 4.99 Å². The van der Waals surface area contributed by atoms with Crippen molar-refractivity contribution in [3.63, 3.8) is 0 Å². The molecule has 0 spiro atoms. The molecule has 3 rings (SSSR count). The molecule has 0 radical (unpaired) electrons. The first-order chi connectivity index (χ1) is 11.0. The molecule has 0 saturated heterocycles. The van der Waals surface area contributed by atoms with Gasteiger partial charge in [0.15, 0.2) is 0 Å². The van der Waals surface area contributed by atoms with Crippen LogP contribution in [0.5, 0.6) is 0 Å². The summed E-state index contributed by atoms with van der Waals surface area (Å²) in [7, 11) is -3.61. The molecule has 2 N–H and O–H groups in total. The van der Waals surface area contributed by atoms with Crippen molar-refractivity contribution in [1.29, 1.82) is 0 Å². The summed E-state index contributed by atoms with van der Waals surface area (Å²) in [6.07, 6.45) is 3.13. The first-order valence-corrected chi connectivity index (χ1v) is 8.36. The maximum absolute atomic E-state index is 12.2. The number of hydrogen-bond acceptors (Lipinski definition) is 5. The van der Waals surface area contributed by atoms with Crippen LogP contribution in [-0.4, -0.2) is 31.2 Å². The van der Waals surface area contributed by atoms with E-state index in [4.69, 9.17) is 0 Å².